The quantitative estimate of drug-likeness (QED) is 0.570. The van der Waals surface area contributed by atoms with E-state index in [1.165, 1.54) is 28.6 Å². The summed E-state index contributed by atoms with van der Waals surface area (Å²) in [4.78, 5) is 12.2. The zero-order valence-electron chi connectivity index (χ0n) is 16.5. The number of hydrogen-bond donors (Lipinski definition) is 1. The molecule has 0 radical (unpaired) electrons. The summed E-state index contributed by atoms with van der Waals surface area (Å²) in [7, 11) is -3.67. The van der Waals surface area contributed by atoms with E-state index in [1.54, 1.807) is 18.2 Å². The van der Waals surface area contributed by atoms with Crippen molar-refractivity contribution >= 4 is 21.6 Å². The van der Waals surface area contributed by atoms with E-state index < -0.39 is 10.0 Å². The summed E-state index contributed by atoms with van der Waals surface area (Å²) in [6.45, 7) is 9.45. The minimum absolute atomic E-state index is 0.131. The number of anilines is 1. The van der Waals surface area contributed by atoms with Gasteiger partial charge in [0.1, 0.15) is 5.75 Å². The van der Waals surface area contributed by atoms with E-state index in [9.17, 15) is 13.2 Å². The van der Waals surface area contributed by atoms with Gasteiger partial charge >= 0.3 is 0 Å². The van der Waals surface area contributed by atoms with E-state index in [0.29, 0.717) is 11.4 Å². The van der Waals surface area contributed by atoms with Gasteiger partial charge in [-0.25, -0.2) is 8.42 Å². The van der Waals surface area contributed by atoms with Gasteiger partial charge in [-0.15, -0.1) is 13.2 Å². The number of carbonyl (C=O) groups excluding carboxylic acids is 1. The summed E-state index contributed by atoms with van der Waals surface area (Å²) < 4.78 is 32.1. The zero-order chi connectivity index (χ0) is 21.3. The number of nitrogens with one attached hydrogen (secondary N) is 1. The molecule has 0 unspecified atom stereocenters. The van der Waals surface area contributed by atoms with Crippen molar-refractivity contribution in [3.05, 3.63) is 79.4 Å². The Morgan fingerprint density at radius 1 is 1.10 bits per heavy atom. The number of ether oxygens (including phenoxy) is 1. The Hall–Kier alpha value is -2.90. The van der Waals surface area contributed by atoms with Gasteiger partial charge in [0, 0.05) is 18.8 Å². The predicted octanol–water partition coefficient (Wildman–Crippen LogP) is 3.63. The third-order valence-electron chi connectivity index (χ3n) is 4.12. The topological polar surface area (TPSA) is 75.7 Å². The van der Waals surface area contributed by atoms with E-state index in [2.05, 4.69) is 18.5 Å². The summed E-state index contributed by atoms with van der Waals surface area (Å²) in [5.74, 6) is 0.299. The summed E-state index contributed by atoms with van der Waals surface area (Å²) in [6.07, 6.45) is 3.92. The van der Waals surface area contributed by atoms with Crippen LogP contribution in [-0.2, 0) is 21.2 Å². The molecule has 0 fully saturated rings. The Morgan fingerprint density at radius 2 is 1.76 bits per heavy atom. The van der Waals surface area contributed by atoms with Crippen molar-refractivity contribution in [1.82, 2.24) is 4.31 Å². The molecule has 154 valence electrons. The van der Waals surface area contributed by atoms with E-state index in [-0.39, 0.29) is 30.5 Å². The molecular formula is C22H26N2O4S. The van der Waals surface area contributed by atoms with Gasteiger partial charge in [0.2, 0.25) is 10.0 Å². The van der Waals surface area contributed by atoms with Gasteiger partial charge in [-0.1, -0.05) is 31.2 Å². The lowest BCUT2D eigenvalue weighted by Gasteiger charge is -2.19. The number of nitrogens with zero attached hydrogens (tertiary/aromatic N) is 1. The van der Waals surface area contributed by atoms with Crippen LogP contribution < -0.4 is 10.1 Å². The van der Waals surface area contributed by atoms with Crippen LogP contribution in [0.4, 0.5) is 5.69 Å². The number of sulfonamides is 1. The SMILES string of the molecule is C=CCN(CC=C)S(=O)(=O)c1ccc(NC(=O)COc2cccc(CC)c2)cc1. The first-order chi connectivity index (χ1) is 13.9. The van der Waals surface area contributed by atoms with Crippen LogP contribution in [0.2, 0.25) is 0 Å². The fourth-order valence-electron chi connectivity index (χ4n) is 2.62. The van der Waals surface area contributed by atoms with Crippen LogP contribution in [0.15, 0.2) is 78.7 Å². The average molecular weight is 415 g/mol. The molecule has 2 rings (SSSR count). The Labute approximate surface area is 172 Å². The molecule has 0 atom stereocenters. The fraction of sp³-hybridized carbons (Fsp3) is 0.227. The first kappa shape index (κ1) is 22.4. The van der Waals surface area contributed by atoms with E-state index in [0.717, 1.165) is 12.0 Å². The fourth-order valence-corrected chi connectivity index (χ4v) is 4.00. The minimum atomic E-state index is -3.67. The highest BCUT2D eigenvalue weighted by atomic mass is 32.2. The van der Waals surface area contributed by atoms with Gasteiger partial charge in [0.05, 0.1) is 4.90 Å². The third-order valence-corrected chi connectivity index (χ3v) is 5.96. The van der Waals surface area contributed by atoms with Gasteiger partial charge in [-0.2, -0.15) is 4.31 Å². The Kier molecular flexibility index (Phi) is 8.18. The number of carbonyl (C=O) groups is 1. The molecular weight excluding hydrogens is 388 g/mol. The lowest BCUT2D eigenvalue weighted by atomic mass is 10.2. The maximum Gasteiger partial charge on any atom is 0.262 e. The summed E-state index contributed by atoms with van der Waals surface area (Å²) in [5.41, 5.74) is 1.61. The molecule has 1 amide bonds. The van der Waals surface area contributed by atoms with Crippen LogP contribution >= 0.6 is 0 Å². The van der Waals surface area contributed by atoms with Gasteiger partial charge in [-0.05, 0) is 48.4 Å². The van der Waals surface area contributed by atoms with Crippen molar-refractivity contribution < 1.29 is 17.9 Å². The molecule has 29 heavy (non-hydrogen) atoms. The van der Waals surface area contributed by atoms with Crippen molar-refractivity contribution in [3.63, 3.8) is 0 Å². The van der Waals surface area contributed by atoms with Crippen LogP contribution in [0, 0.1) is 0 Å². The Morgan fingerprint density at radius 3 is 2.34 bits per heavy atom. The molecule has 0 aromatic heterocycles. The van der Waals surface area contributed by atoms with E-state index in [4.69, 9.17) is 4.74 Å². The molecule has 0 aliphatic heterocycles. The second-order valence-corrected chi connectivity index (χ2v) is 8.20. The number of hydrogen-bond acceptors (Lipinski definition) is 4. The van der Waals surface area contributed by atoms with E-state index >= 15 is 0 Å². The van der Waals surface area contributed by atoms with Gasteiger partial charge in [0.25, 0.3) is 5.91 Å². The maximum atomic E-state index is 12.7. The van der Waals surface area contributed by atoms with E-state index in [1.807, 2.05) is 25.1 Å². The Bertz CT molecular complexity index is 943. The molecule has 0 heterocycles. The molecule has 0 bridgehead atoms. The summed E-state index contributed by atoms with van der Waals surface area (Å²) >= 11 is 0. The maximum absolute atomic E-state index is 12.7. The highest BCUT2D eigenvalue weighted by molar-refractivity contribution is 7.89. The van der Waals surface area contributed by atoms with Gasteiger partial charge in [0.15, 0.2) is 6.61 Å². The van der Waals surface area contributed by atoms with Crippen LogP contribution in [0.25, 0.3) is 0 Å². The zero-order valence-corrected chi connectivity index (χ0v) is 17.3. The molecule has 0 aliphatic rings. The standard InChI is InChI=1S/C22H26N2O4S/c1-4-14-24(15-5-2)29(26,27)21-12-10-19(11-13-21)23-22(25)17-28-20-9-7-8-18(6-3)16-20/h4-5,7-13,16H,1-2,6,14-15,17H2,3H3,(H,23,25). The average Bonchev–Trinajstić information content (AvgIpc) is 2.72. The molecule has 0 spiro atoms. The third kappa shape index (κ3) is 6.30. The highest BCUT2D eigenvalue weighted by Crippen LogP contribution is 2.19. The number of aryl methyl sites for hydroxylation is 1. The molecule has 0 aliphatic carbocycles. The highest BCUT2D eigenvalue weighted by Gasteiger charge is 2.22. The number of benzene rings is 2. The first-order valence-corrected chi connectivity index (χ1v) is 10.7. The van der Waals surface area contributed by atoms with Crippen molar-refractivity contribution in [3.8, 4) is 5.75 Å². The lowest BCUT2D eigenvalue weighted by molar-refractivity contribution is -0.118. The van der Waals surface area contributed by atoms with Crippen molar-refractivity contribution in [2.24, 2.45) is 0 Å². The first-order valence-electron chi connectivity index (χ1n) is 9.24. The lowest BCUT2D eigenvalue weighted by Crippen LogP contribution is -2.31. The van der Waals surface area contributed by atoms with Crippen molar-refractivity contribution in [2.75, 3.05) is 25.0 Å². The predicted molar refractivity (Wildman–Crippen MR) is 116 cm³/mol. The molecule has 1 N–H and O–H groups in total. The largest absolute Gasteiger partial charge is 0.484 e. The molecule has 0 saturated carbocycles. The molecule has 0 saturated heterocycles. The van der Waals surface area contributed by atoms with Crippen molar-refractivity contribution in [2.45, 2.75) is 18.2 Å². The second kappa shape index (κ2) is 10.6. The molecule has 2 aromatic rings. The number of amides is 1. The monoisotopic (exact) mass is 414 g/mol. The summed E-state index contributed by atoms with van der Waals surface area (Å²) in [6, 6.07) is 13.6. The van der Waals surface area contributed by atoms with Gasteiger partial charge in [-0.3, -0.25) is 4.79 Å². The summed E-state index contributed by atoms with van der Waals surface area (Å²) in [5, 5.41) is 2.69. The number of rotatable bonds is 11. The van der Waals surface area contributed by atoms with Crippen molar-refractivity contribution in [1.29, 1.82) is 0 Å². The van der Waals surface area contributed by atoms with Crippen LogP contribution in [-0.4, -0.2) is 38.3 Å². The smallest absolute Gasteiger partial charge is 0.262 e. The Balaban J connectivity index is 1.99. The van der Waals surface area contributed by atoms with Crippen LogP contribution in [0.3, 0.4) is 0 Å². The molecule has 2 aromatic carbocycles. The minimum Gasteiger partial charge on any atom is -0.484 e. The van der Waals surface area contributed by atoms with Crippen LogP contribution in [0.5, 0.6) is 5.75 Å². The molecule has 6 nitrogen and oxygen atoms in total. The second-order valence-electron chi connectivity index (χ2n) is 6.26. The van der Waals surface area contributed by atoms with Crippen LogP contribution in [0.1, 0.15) is 12.5 Å². The van der Waals surface area contributed by atoms with Gasteiger partial charge < -0.3 is 10.1 Å². The normalized spacial score (nSPS) is 11.1. The molecule has 7 heteroatoms.